The van der Waals surface area contributed by atoms with Crippen molar-refractivity contribution >= 4 is 37.9 Å². The number of methoxy groups -OCH3 is 2. The highest BCUT2D eigenvalue weighted by Crippen LogP contribution is 2.29. The molecule has 116 valence electrons. The van der Waals surface area contributed by atoms with E-state index in [9.17, 15) is 9.59 Å². The first-order valence-electron chi connectivity index (χ1n) is 5.80. The minimum Gasteiger partial charge on any atom is -0.480 e. The molecule has 2 rings (SSSR count). The predicted molar refractivity (Wildman–Crippen MR) is 87.0 cm³/mol. The molecule has 0 amide bonds. The molecule has 0 saturated heterocycles. The van der Waals surface area contributed by atoms with Gasteiger partial charge in [0.15, 0.2) is 5.82 Å². The van der Waals surface area contributed by atoms with E-state index < -0.39 is 11.2 Å². The van der Waals surface area contributed by atoms with Gasteiger partial charge in [0.05, 0.1) is 19.8 Å². The molecule has 0 spiro atoms. The van der Waals surface area contributed by atoms with Crippen LogP contribution in [0, 0.1) is 0 Å². The van der Waals surface area contributed by atoms with Gasteiger partial charge >= 0.3 is 11.7 Å². The third-order valence-corrected chi connectivity index (χ3v) is 3.56. The quantitative estimate of drug-likeness (QED) is 0.783. The number of H-pyrrole nitrogens is 1. The summed E-state index contributed by atoms with van der Waals surface area (Å²) in [5.74, 6) is 0.367. The second-order valence-corrected chi connectivity index (χ2v) is 5.19. The van der Waals surface area contributed by atoms with Crippen LogP contribution >= 0.6 is 31.9 Å². The number of halogens is 2. The highest BCUT2D eigenvalue weighted by Gasteiger charge is 2.17. The van der Waals surface area contributed by atoms with Crippen molar-refractivity contribution in [3.63, 3.8) is 0 Å². The molecule has 2 aromatic heterocycles. The fraction of sp³-hybridized carbons (Fsp3) is 0.167. The van der Waals surface area contributed by atoms with Gasteiger partial charge in [0.25, 0.3) is 5.56 Å². The Morgan fingerprint density at radius 3 is 2.59 bits per heavy atom. The van der Waals surface area contributed by atoms with Gasteiger partial charge in [-0.25, -0.2) is 4.79 Å². The molecule has 2 aromatic rings. The number of rotatable bonds is 4. The lowest BCUT2D eigenvalue weighted by atomic mass is 10.3. The van der Waals surface area contributed by atoms with E-state index in [2.05, 4.69) is 46.8 Å². The summed E-state index contributed by atoms with van der Waals surface area (Å²) < 4.78 is 11.6. The maximum atomic E-state index is 12.1. The van der Waals surface area contributed by atoms with Crippen molar-refractivity contribution in [1.29, 1.82) is 0 Å². The number of ether oxygens (including phenoxy) is 2. The Balaban J connectivity index is 2.78. The standard InChI is InChI=1S/C12H10Br2N4O4/c1-21-10-7(14)8(15-11(17-10)22-2)18-5-6(3-4-13)9(19)16-12(18)20/h3-5H,1-2H3,(H,16,19,20)/b4-3+. The van der Waals surface area contributed by atoms with Crippen molar-refractivity contribution in [3.8, 4) is 17.7 Å². The van der Waals surface area contributed by atoms with Crippen LogP contribution in [0.4, 0.5) is 0 Å². The maximum Gasteiger partial charge on any atom is 0.334 e. The van der Waals surface area contributed by atoms with E-state index >= 15 is 0 Å². The van der Waals surface area contributed by atoms with Crippen LogP contribution in [0.3, 0.4) is 0 Å². The van der Waals surface area contributed by atoms with E-state index in [4.69, 9.17) is 9.47 Å². The van der Waals surface area contributed by atoms with Gasteiger partial charge in [0, 0.05) is 6.20 Å². The van der Waals surface area contributed by atoms with Crippen LogP contribution in [0.5, 0.6) is 11.9 Å². The monoisotopic (exact) mass is 432 g/mol. The van der Waals surface area contributed by atoms with E-state index in [0.29, 0.717) is 4.47 Å². The topological polar surface area (TPSA) is 99.1 Å². The van der Waals surface area contributed by atoms with Gasteiger partial charge in [-0.1, -0.05) is 15.9 Å². The van der Waals surface area contributed by atoms with Gasteiger partial charge in [-0.3, -0.25) is 14.3 Å². The van der Waals surface area contributed by atoms with Crippen molar-refractivity contribution in [3.05, 3.63) is 42.1 Å². The average Bonchev–Trinajstić information content (AvgIpc) is 2.50. The first kappa shape index (κ1) is 16.4. The average molecular weight is 434 g/mol. The molecule has 2 heterocycles. The lowest BCUT2D eigenvalue weighted by molar-refractivity contribution is 0.349. The molecule has 10 heteroatoms. The van der Waals surface area contributed by atoms with Gasteiger partial charge in [-0.2, -0.15) is 9.97 Å². The van der Waals surface area contributed by atoms with Gasteiger partial charge in [-0.05, 0) is 27.0 Å². The van der Waals surface area contributed by atoms with Gasteiger partial charge in [0.1, 0.15) is 4.47 Å². The molecule has 0 aliphatic heterocycles. The first-order chi connectivity index (χ1) is 10.5. The van der Waals surface area contributed by atoms with Crippen molar-refractivity contribution in [2.45, 2.75) is 0 Å². The van der Waals surface area contributed by atoms with Crippen LogP contribution in [0.2, 0.25) is 0 Å². The lowest BCUT2D eigenvalue weighted by Crippen LogP contribution is -2.30. The molecule has 0 unspecified atom stereocenters. The summed E-state index contributed by atoms with van der Waals surface area (Å²) in [5.41, 5.74) is -0.902. The van der Waals surface area contributed by atoms with Gasteiger partial charge in [-0.15, -0.1) is 0 Å². The van der Waals surface area contributed by atoms with Crippen LogP contribution in [-0.4, -0.2) is 33.7 Å². The fourth-order valence-corrected chi connectivity index (χ4v) is 2.43. The first-order valence-corrected chi connectivity index (χ1v) is 7.51. The zero-order valence-corrected chi connectivity index (χ0v) is 14.6. The zero-order valence-electron chi connectivity index (χ0n) is 11.5. The second kappa shape index (κ2) is 6.88. The molecular formula is C12H10Br2N4O4. The summed E-state index contributed by atoms with van der Waals surface area (Å²) in [4.78, 5) is 35.6. The Morgan fingerprint density at radius 2 is 2.00 bits per heavy atom. The minimum absolute atomic E-state index is 0.0192. The van der Waals surface area contributed by atoms with Crippen LogP contribution in [0.15, 0.2) is 25.2 Å². The molecule has 0 aliphatic carbocycles. The summed E-state index contributed by atoms with van der Waals surface area (Å²) in [6.45, 7) is 0. The summed E-state index contributed by atoms with van der Waals surface area (Å²) >= 11 is 6.36. The second-order valence-electron chi connectivity index (χ2n) is 3.86. The number of nitrogens with one attached hydrogen (secondary N) is 1. The Hall–Kier alpha value is -1.94. The fourth-order valence-electron chi connectivity index (χ4n) is 1.61. The van der Waals surface area contributed by atoms with Crippen molar-refractivity contribution < 1.29 is 9.47 Å². The third-order valence-electron chi connectivity index (χ3n) is 2.60. The van der Waals surface area contributed by atoms with E-state index in [1.807, 2.05) is 0 Å². The Labute approximate surface area is 141 Å². The van der Waals surface area contributed by atoms with E-state index in [-0.39, 0.29) is 23.3 Å². The molecular weight excluding hydrogens is 424 g/mol. The summed E-state index contributed by atoms with van der Waals surface area (Å²) in [6.07, 6.45) is 2.85. The van der Waals surface area contributed by atoms with Gasteiger partial charge < -0.3 is 9.47 Å². The number of aromatic amines is 1. The SMILES string of the molecule is COc1nc(OC)c(Br)c(-n2cc(/C=C/Br)c(=O)[nH]c2=O)n1. The number of aromatic nitrogens is 4. The van der Waals surface area contributed by atoms with Crippen LogP contribution in [0.25, 0.3) is 11.9 Å². The largest absolute Gasteiger partial charge is 0.480 e. The smallest absolute Gasteiger partial charge is 0.334 e. The molecule has 22 heavy (non-hydrogen) atoms. The highest BCUT2D eigenvalue weighted by molar-refractivity contribution is 9.11. The minimum atomic E-state index is -0.653. The third kappa shape index (κ3) is 3.12. The summed E-state index contributed by atoms with van der Waals surface area (Å²) in [5, 5.41) is 0. The maximum absolute atomic E-state index is 12.1. The Bertz CT molecular complexity index is 844. The molecule has 0 aromatic carbocycles. The van der Waals surface area contributed by atoms with Crippen molar-refractivity contribution in [2.24, 2.45) is 0 Å². The van der Waals surface area contributed by atoms with E-state index in [1.165, 1.54) is 31.5 Å². The highest BCUT2D eigenvalue weighted by atomic mass is 79.9. The Morgan fingerprint density at radius 1 is 1.27 bits per heavy atom. The number of hydrogen-bond acceptors (Lipinski definition) is 6. The summed E-state index contributed by atoms with van der Waals surface area (Å²) in [7, 11) is 2.81. The molecule has 0 aliphatic rings. The van der Waals surface area contributed by atoms with Crippen molar-refractivity contribution in [2.75, 3.05) is 14.2 Å². The molecule has 0 bridgehead atoms. The molecule has 0 saturated carbocycles. The van der Waals surface area contributed by atoms with Crippen LogP contribution < -0.4 is 20.7 Å². The molecule has 8 nitrogen and oxygen atoms in total. The summed E-state index contributed by atoms with van der Waals surface area (Å²) in [6, 6.07) is 0.0192. The molecule has 0 radical (unpaired) electrons. The molecule has 0 atom stereocenters. The molecule has 0 fully saturated rings. The lowest BCUT2D eigenvalue weighted by Gasteiger charge is -2.11. The van der Waals surface area contributed by atoms with E-state index in [0.717, 1.165) is 4.57 Å². The molecule has 1 N–H and O–H groups in total. The van der Waals surface area contributed by atoms with Crippen LogP contribution in [0.1, 0.15) is 5.56 Å². The number of nitrogens with zero attached hydrogens (tertiary/aromatic N) is 3. The number of hydrogen-bond donors (Lipinski definition) is 1. The predicted octanol–water partition coefficient (Wildman–Crippen LogP) is 1.46. The van der Waals surface area contributed by atoms with E-state index in [1.54, 1.807) is 0 Å². The normalized spacial score (nSPS) is 10.9. The van der Waals surface area contributed by atoms with Crippen LogP contribution in [-0.2, 0) is 0 Å². The zero-order chi connectivity index (χ0) is 16.3. The van der Waals surface area contributed by atoms with Gasteiger partial charge in [0.2, 0.25) is 5.88 Å². The Kier molecular flexibility index (Phi) is 5.14. The van der Waals surface area contributed by atoms with Crippen molar-refractivity contribution in [1.82, 2.24) is 19.5 Å².